The average molecular weight is 218 g/mol. The number of carbonyl (C=O) groups is 2. The van der Waals surface area contributed by atoms with Gasteiger partial charge in [0.15, 0.2) is 0 Å². The van der Waals surface area contributed by atoms with E-state index in [1.165, 1.54) is 6.92 Å². The molecule has 0 aromatic carbocycles. The van der Waals surface area contributed by atoms with E-state index in [4.69, 9.17) is 10.2 Å². The van der Waals surface area contributed by atoms with Crippen molar-refractivity contribution in [1.29, 1.82) is 0 Å². The van der Waals surface area contributed by atoms with Crippen molar-refractivity contribution in [3.8, 4) is 0 Å². The molecule has 14 heavy (non-hydrogen) atoms. The molecule has 0 spiro atoms. The average Bonchev–Trinajstić information content (AvgIpc) is 1.85. The van der Waals surface area contributed by atoms with Crippen LogP contribution in [-0.2, 0) is 9.59 Å². The second-order valence-corrected chi connectivity index (χ2v) is 2.80. The van der Waals surface area contributed by atoms with Crippen molar-refractivity contribution < 1.29 is 19.8 Å². The van der Waals surface area contributed by atoms with Crippen LogP contribution in [0, 0.1) is 5.92 Å². The van der Waals surface area contributed by atoms with Crippen molar-refractivity contribution in [1.82, 2.24) is 0 Å². The third-order valence-electron chi connectivity index (χ3n) is 1.53. The number of carboxylic acids is 2. The number of hydrogen-bond acceptors (Lipinski definition) is 2. The molecule has 0 aromatic rings. The molecular weight excluding hydrogens is 206 g/mol. The Labute approximate surface area is 127 Å². The Kier molecular flexibility index (Phi) is 12.9. The van der Waals surface area contributed by atoms with Crippen molar-refractivity contribution in [3.05, 3.63) is 11.1 Å². The standard InChI is InChI=1S/C8H12O4.2Na/c1-4(2)6(8(11)12)5(3)7(9)10;;/h4H,1-3H3,(H,9,10)(H,11,12);;/b6-5-;;. The number of hydrogen-bond donors (Lipinski definition) is 2. The minimum absolute atomic E-state index is 0. The molecule has 0 aliphatic carbocycles. The second-order valence-electron chi connectivity index (χ2n) is 2.80. The van der Waals surface area contributed by atoms with Crippen LogP contribution in [0.3, 0.4) is 0 Å². The van der Waals surface area contributed by atoms with Gasteiger partial charge in [-0.25, -0.2) is 9.59 Å². The molecule has 0 aromatic heterocycles. The van der Waals surface area contributed by atoms with Crippen LogP contribution in [0.1, 0.15) is 20.8 Å². The van der Waals surface area contributed by atoms with E-state index in [2.05, 4.69) is 0 Å². The van der Waals surface area contributed by atoms with Gasteiger partial charge in [0.25, 0.3) is 0 Å². The monoisotopic (exact) mass is 218 g/mol. The van der Waals surface area contributed by atoms with E-state index in [0.717, 1.165) is 0 Å². The summed E-state index contributed by atoms with van der Waals surface area (Å²) in [6, 6.07) is 0. The van der Waals surface area contributed by atoms with Crippen LogP contribution in [0.2, 0.25) is 0 Å². The first-order valence-corrected chi connectivity index (χ1v) is 3.55. The summed E-state index contributed by atoms with van der Waals surface area (Å²) in [6.45, 7) is 4.59. The predicted molar refractivity (Wildman–Crippen MR) is 54.3 cm³/mol. The minimum atomic E-state index is -1.18. The Morgan fingerprint density at radius 1 is 1.00 bits per heavy atom. The maximum Gasteiger partial charge on any atom is 0.332 e. The summed E-state index contributed by atoms with van der Waals surface area (Å²) in [5, 5.41) is 17.2. The molecule has 0 rings (SSSR count). The van der Waals surface area contributed by atoms with Crippen LogP contribution in [0.5, 0.6) is 0 Å². The minimum Gasteiger partial charge on any atom is -0.478 e. The van der Waals surface area contributed by atoms with E-state index in [-0.39, 0.29) is 76.2 Å². The molecule has 0 aliphatic rings. The molecule has 2 N–H and O–H groups in total. The summed E-state index contributed by atoms with van der Waals surface area (Å²) in [6.07, 6.45) is 0. The van der Waals surface area contributed by atoms with Gasteiger partial charge < -0.3 is 10.2 Å². The molecule has 6 heteroatoms. The molecule has 0 aliphatic heterocycles. The molecular formula is C8H12Na2O4. The van der Waals surface area contributed by atoms with Crippen molar-refractivity contribution >= 4 is 71.1 Å². The molecule has 70 valence electrons. The van der Waals surface area contributed by atoms with Gasteiger partial charge in [-0.05, 0) is 12.8 Å². The molecule has 4 nitrogen and oxygen atoms in total. The topological polar surface area (TPSA) is 74.6 Å². The Bertz CT molecular complexity index is 246. The summed E-state index contributed by atoms with van der Waals surface area (Å²) < 4.78 is 0. The first-order valence-electron chi connectivity index (χ1n) is 3.55. The van der Waals surface area contributed by atoms with Gasteiger partial charge in [0.2, 0.25) is 0 Å². The van der Waals surface area contributed by atoms with Crippen LogP contribution in [-0.4, -0.2) is 81.3 Å². The van der Waals surface area contributed by atoms with Gasteiger partial charge in [0.1, 0.15) is 0 Å². The molecule has 0 saturated carbocycles. The fourth-order valence-electron chi connectivity index (χ4n) is 0.956. The van der Waals surface area contributed by atoms with Gasteiger partial charge in [-0.15, -0.1) is 0 Å². The van der Waals surface area contributed by atoms with Crippen LogP contribution < -0.4 is 0 Å². The zero-order valence-corrected chi connectivity index (χ0v) is 13.3. The predicted octanol–water partition coefficient (Wildman–Crippen LogP) is 0.366. The van der Waals surface area contributed by atoms with Crippen LogP contribution in [0.25, 0.3) is 0 Å². The van der Waals surface area contributed by atoms with Crippen molar-refractivity contribution in [2.24, 2.45) is 5.92 Å². The summed E-state index contributed by atoms with van der Waals surface area (Å²) >= 11 is 0. The summed E-state index contributed by atoms with van der Waals surface area (Å²) in [7, 11) is 0. The summed E-state index contributed by atoms with van der Waals surface area (Å²) in [5.41, 5.74) is -0.139. The third kappa shape index (κ3) is 6.22. The fourth-order valence-corrected chi connectivity index (χ4v) is 0.956. The molecule has 0 fully saturated rings. The number of aliphatic carboxylic acids is 2. The zero-order chi connectivity index (χ0) is 9.89. The van der Waals surface area contributed by atoms with Crippen LogP contribution in [0.4, 0.5) is 0 Å². The molecule has 0 bridgehead atoms. The van der Waals surface area contributed by atoms with E-state index >= 15 is 0 Å². The Morgan fingerprint density at radius 3 is 1.43 bits per heavy atom. The number of rotatable bonds is 3. The van der Waals surface area contributed by atoms with E-state index < -0.39 is 11.9 Å². The van der Waals surface area contributed by atoms with E-state index in [1.807, 2.05) is 0 Å². The SMILES string of the molecule is C/C(C(=O)O)=C(/C(=O)O)C(C)C.[Na].[Na]. The second kappa shape index (κ2) is 8.95. The van der Waals surface area contributed by atoms with Gasteiger partial charge >= 0.3 is 11.9 Å². The quantitative estimate of drug-likeness (QED) is 0.530. The van der Waals surface area contributed by atoms with E-state index in [9.17, 15) is 9.59 Å². The van der Waals surface area contributed by atoms with Gasteiger partial charge in [-0.2, -0.15) is 0 Å². The normalized spacial score (nSPS) is 10.9. The third-order valence-corrected chi connectivity index (χ3v) is 1.53. The van der Waals surface area contributed by atoms with E-state index in [0.29, 0.717) is 0 Å². The number of carboxylic acid groups (broad SMARTS) is 2. The Morgan fingerprint density at radius 2 is 1.36 bits per heavy atom. The van der Waals surface area contributed by atoms with Crippen molar-refractivity contribution in [3.63, 3.8) is 0 Å². The molecule has 0 heterocycles. The van der Waals surface area contributed by atoms with Crippen LogP contribution >= 0.6 is 0 Å². The van der Waals surface area contributed by atoms with Crippen molar-refractivity contribution in [2.75, 3.05) is 0 Å². The molecule has 0 amide bonds. The van der Waals surface area contributed by atoms with E-state index in [1.54, 1.807) is 13.8 Å². The van der Waals surface area contributed by atoms with Gasteiger partial charge in [0.05, 0.1) is 0 Å². The molecule has 0 saturated heterocycles. The summed E-state index contributed by atoms with van der Waals surface area (Å²) in [5.74, 6) is -2.62. The largest absolute Gasteiger partial charge is 0.478 e. The fraction of sp³-hybridized carbons (Fsp3) is 0.500. The maximum atomic E-state index is 10.6. The van der Waals surface area contributed by atoms with Crippen molar-refractivity contribution in [2.45, 2.75) is 20.8 Å². The van der Waals surface area contributed by atoms with Gasteiger partial charge in [-0.1, -0.05) is 13.8 Å². The first-order chi connectivity index (χ1) is 5.37. The molecule has 0 atom stereocenters. The van der Waals surface area contributed by atoms with Gasteiger partial charge in [0, 0.05) is 70.3 Å². The zero-order valence-electron chi connectivity index (χ0n) is 9.29. The Balaban J connectivity index is -0.000000605. The summed E-state index contributed by atoms with van der Waals surface area (Å²) in [4.78, 5) is 21.0. The molecule has 0 unspecified atom stereocenters. The first kappa shape index (κ1) is 20.1. The van der Waals surface area contributed by atoms with Gasteiger partial charge in [-0.3, -0.25) is 0 Å². The van der Waals surface area contributed by atoms with Crippen LogP contribution in [0.15, 0.2) is 11.1 Å². The smallest absolute Gasteiger partial charge is 0.332 e. The maximum absolute atomic E-state index is 10.6. The Hall–Kier alpha value is 0.680. The molecule has 2 radical (unpaired) electrons.